The van der Waals surface area contributed by atoms with Crippen LogP contribution in [0.1, 0.15) is 30.0 Å². The molecule has 0 amide bonds. The highest BCUT2D eigenvalue weighted by molar-refractivity contribution is 5.26. The van der Waals surface area contributed by atoms with Crippen molar-refractivity contribution in [3.05, 3.63) is 57.8 Å². The van der Waals surface area contributed by atoms with Crippen molar-refractivity contribution in [1.82, 2.24) is 9.97 Å². The van der Waals surface area contributed by atoms with Gasteiger partial charge in [0.15, 0.2) is 0 Å². The van der Waals surface area contributed by atoms with E-state index in [4.69, 9.17) is 10.5 Å². The van der Waals surface area contributed by atoms with Crippen molar-refractivity contribution in [3.8, 4) is 5.75 Å². The van der Waals surface area contributed by atoms with Gasteiger partial charge in [-0.05, 0) is 26.0 Å². The normalized spacial score (nSPS) is 12.2. The molecular weight excluding hydrogens is 242 g/mol. The summed E-state index contributed by atoms with van der Waals surface area (Å²) >= 11 is 0. The lowest BCUT2D eigenvalue weighted by Gasteiger charge is -2.08. The molecule has 0 bridgehead atoms. The zero-order valence-corrected chi connectivity index (χ0v) is 11.0. The number of nitrogens with one attached hydrogen (secondary N) is 1. The molecule has 5 heteroatoms. The zero-order chi connectivity index (χ0) is 13.8. The monoisotopic (exact) mass is 259 g/mol. The highest BCUT2D eigenvalue weighted by Gasteiger charge is 2.06. The van der Waals surface area contributed by atoms with Crippen LogP contribution in [0.2, 0.25) is 0 Å². The largest absolute Gasteiger partial charge is 0.486 e. The maximum absolute atomic E-state index is 11.5. The third-order valence-electron chi connectivity index (χ3n) is 2.67. The predicted octanol–water partition coefficient (Wildman–Crippen LogP) is 1.68. The van der Waals surface area contributed by atoms with Gasteiger partial charge in [-0.3, -0.25) is 4.79 Å². The standard InChI is InChI=1S/C14H17N3O2/c1-9-3-5-11(6-4-9)19-8-13-16-12(10(2)15)7-14(18)17-13/h3-7,10H,8,15H2,1-2H3,(H,16,17,18). The minimum Gasteiger partial charge on any atom is -0.486 e. The first-order chi connectivity index (χ1) is 9.04. The molecule has 0 saturated heterocycles. The molecule has 0 spiro atoms. The van der Waals surface area contributed by atoms with E-state index in [1.165, 1.54) is 6.07 Å². The second-order valence-electron chi connectivity index (χ2n) is 4.51. The topological polar surface area (TPSA) is 81.0 Å². The van der Waals surface area contributed by atoms with Crippen molar-refractivity contribution in [2.24, 2.45) is 5.73 Å². The van der Waals surface area contributed by atoms with E-state index >= 15 is 0 Å². The molecule has 19 heavy (non-hydrogen) atoms. The van der Waals surface area contributed by atoms with Gasteiger partial charge in [-0.25, -0.2) is 4.98 Å². The molecule has 3 N–H and O–H groups in total. The Hall–Kier alpha value is -2.14. The number of aryl methyl sites for hydroxylation is 1. The summed E-state index contributed by atoms with van der Waals surface area (Å²) in [5.41, 5.74) is 7.23. The summed E-state index contributed by atoms with van der Waals surface area (Å²) < 4.78 is 5.56. The Morgan fingerprint density at radius 1 is 1.37 bits per heavy atom. The molecule has 2 rings (SSSR count). The van der Waals surface area contributed by atoms with Crippen LogP contribution < -0.4 is 16.0 Å². The van der Waals surface area contributed by atoms with Crippen molar-refractivity contribution in [1.29, 1.82) is 0 Å². The van der Waals surface area contributed by atoms with E-state index in [0.29, 0.717) is 11.5 Å². The molecule has 0 radical (unpaired) electrons. The predicted molar refractivity (Wildman–Crippen MR) is 73.0 cm³/mol. The molecule has 2 aromatic rings. The van der Waals surface area contributed by atoms with Crippen molar-refractivity contribution in [2.45, 2.75) is 26.5 Å². The van der Waals surface area contributed by atoms with Crippen molar-refractivity contribution in [2.75, 3.05) is 0 Å². The number of ether oxygens (including phenoxy) is 1. The van der Waals surface area contributed by atoms with Gasteiger partial charge in [-0.2, -0.15) is 0 Å². The third-order valence-corrected chi connectivity index (χ3v) is 2.67. The summed E-state index contributed by atoms with van der Waals surface area (Å²) in [6.45, 7) is 4.00. The first-order valence-electron chi connectivity index (χ1n) is 6.10. The number of aromatic amines is 1. The van der Waals surface area contributed by atoms with Crippen LogP contribution in [0.3, 0.4) is 0 Å². The average Bonchev–Trinajstić information content (AvgIpc) is 2.37. The number of nitrogens with zero attached hydrogens (tertiary/aromatic N) is 1. The van der Waals surface area contributed by atoms with Crippen LogP contribution in [0.5, 0.6) is 5.75 Å². The van der Waals surface area contributed by atoms with Gasteiger partial charge in [0.2, 0.25) is 0 Å². The van der Waals surface area contributed by atoms with Gasteiger partial charge in [-0.1, -0.05) is 17.7 Å². The maximum Gasteiger partial charge on any atom is 0.251 e. The van der Waals surface area contributed by atoms with E-state index in [9.17, 15) is 4.79 Å². The molecule has 100 valence electrons. The van der Waals surface area contributed by atoms with E-state index in [2.05, 4.69) is 9.97 Å². The summed E-state index contributed by atoms with van der Waals surface area (Å²) in [4.78, 5) is 18.4. The highest BCUT2D eigenvalue weighted by Crippen LogP contribution is 2.12. The first-order valence-corrected chi connectivity index (χ1v) is 6.10. The van der Waals surface area contributed by atoms with Crippen LogP contribution in [-0.2, 0) is 6.61 Å². The van der Waals surface area contributed by atoms with Crippen LogP contribution in [-0.4, -0.2) is 9.97 Å². The Bertz CT molecular complexity index is 603. The Morgan fingerprint density at radius 3 is 2.68 bits per heavy atom. The van der Waals surface area contributed by atoms with Crippen LogP contribution >= 0.6 is 0 Å². The van der Waals surface area contributed by atoms with Gasteiger partial charge in [0.05, 0.1) is 5.69 Å². The smallest absolute Gasteiger partial charge is 0.251 e. The minimum absolute atomic E-state index is 0.207. The molecular formula is C14H17N3O2. The summed E-state index contributed by atoms with van der Waals surface area (Å²) in [5, 5.41) is 0. The first kappa shape index (κ1) is 13.3. The molecule has 0 aliphatic heterocycles. The van der Waals surface area contributed by atoms with Gasteiger partial charge in [-0.15, -0.1) is 0 Å². The zero-order valence-electron chi connectivity index (χ0n) is 11.0. The molecule has 1 aromatic heterocycles. The Morgan fingerprint density at radius 2 is 2.05 bits per heavy atom. The van der Waals surface area contributed by atoms with Gasteiger partial charge in [0.25, 0.3) is 5.56 Å². The maximum atomic E-state index is 11.5. The molecule has 5 nitrogen and oxygen atoms in total. The number of hydrogen-bond donors (Lipinski definition) is 2. The molecule has 1 aromatic carbocycles. The SMILES string of the molecule is Cc1ccc(OCc2nc(C(C)N)cc(=O)[nH]2)cc1. The van der Waals surface area contributed by atoms with E-state index < -0.39 is 0 Å². The summed E-state index contributed by atoms with van der Waals surface area (Å²) in [5.74, 6) is 1.21. The molecule has 0 fully saturated rings. The summed E-state index contributed by atoms with van der Waals surface area (Å²) in [6.07, 6.45) is 0. The Kier molecular flexibility index (Phi) is 3.97. The van der Waals surface area contributed by atoms with Crippen molar-refractivity contribution >= 4 is 0 Å². The van der Waals surface area contributed by atoms with Crippen LogP contribution in [0.25, 0.3) is 0 Å². The van der Waals surface area contributed by atoms with Crippen LogP contribution in [0.15, 0.2) is 35.1 Å². The fourth-order valence-electron chi connectivity index (χ4n) is 1.62. The molecule has 1 unspecified atom stereocenters. The molecule has 0 saturated carbocycles. The lowest BCUT2D eigenvalue weighted by atomic mass is 10.2. The second-order valence-corrected chi connectivity index (χ2v) is 4.51. The Balaban J connectivity index is 2.11. The second kappa shape index (κ2) is 5.67. The quantitative estimate of drug-likeness (QED) is 0.875. The van der Waals surface area contributed by atoms with Gasteiger partial charge < -0.3 is 15.5 Å². The van der Waals surface area contributed by atoms with Gasteiger partial charge >= 0.3 is 0 Å². The van der Waals surface area contributed by atoms with Crippen LogP contribution in [0.4, 0.5) is 0 Å². The lowest BCUT2D eigenvalue weighted by Crippen LogP contribution is -2.18. The number of rotatable bonds is 4. The number of hydrogen-bond acceptors (Lipinski definition) is 4. The summed E-state index contributed by atoms with van der Waals surface area (Å²) in [6, 6.07) is 8.81. The highest BCUT2D eigenvalue weighted by atomic mass is 16.5. The number of nitrogens with two attached hydrogens (primary N) is 1. The molecule has 0 aliphatic carbocycles. The molecule has 0 aliphatic rings. The minimum atomic E-state index is -0.277. The summed E-state index contributed by atoms with van der Waals surface area (Å²) in [7, 11) is 0. The number of aromatic nitrogens is 2. The van der Waals surface area contributed by atoms with Crippen molar-refractivity contribution in [3.63, 3.8) is 0 Å². The molecule has 1 heterocycles. The van der Waals surface area contributed by atoms with E-state index in [1.807, 2.05) is 31.2 Å². The van der Waals surface area contributed by atoms with E-state index in [0.717, 1.165) is 11.3 Å². The van der Waals surface area contributed by atoms with E-state index in [-0.39, 0.29) is 18.2 Å². The fourth-order valence-corrected chi connectivity index (χ4v) is 1.62. The van der Waals surface area contributed by atoms with Gasteiger partial charge in [0, 0.05) is 12.1 Å². The number of H-pyrrole nitrogens is 1. The lowest BCUT2D eigenvalue weighted by molar-refractivity contribution is 0.294. The third kappa shape index (κ3) is 3.66. The molecule has 1 atom stereocenters. The van der Waals surface area contributed by atoms with Crippen molar-refractivity contribution < 1.29 is 4.74 Å². The average molecular weight is 259 g/mol. The van der Waals surface area contributed by atoms with E-state index in [1.54, 1.807) is 6.92 Å². The number of benzene rings is 1. The Labute approximate surface area is 111 Å². The fraction of sp³-hybridized carbons (Fsp3) is 0.286. The van der Waals surface area contributed by atoms with Gasteiger partial charge in [0.1, 0.15) is 18.2 Å². The van der Waals surface area contributed by atoms with Crippen LogP contribution in [0, 0.1) is 6.92 Å².